The van der Waals surface area contributed by atoms with Crippen molar-refractivity contribution in [1.29, 1.82) is 0 Å². The minimum Gasteiger partial charge on any atom is -0.326 e. The van der Waals surface area contributed by atoms with Gasteiger partial charge in [-0.25, -0.2) is 4.39 Å². The minimum absolute atomic E-state index is 0.0362. The summed E-state index contributed by atoms with van der Waals surface area (Å²) in [6, 6.07) is 3.02. The number of hydrogen-bond donors (Lipinski definition) is 1. The van der Waals surface area contributed by atoms with Gasteiger partial charge in [-0.3, -0.25) is 4.79 Å². The highest BCUT2D eigenvalue weighted by Crippen LogP contribution is 2.38. The number of anilines is 1. The normalized spacial score (nSPS) is 23.0. The quantitative estimate of drug-likeness (QED) is 0.886. The molecular weight excluding hydrogens is 273 g/mol. The van der Waals surface area contributed by atoms with Crippen molar-refractivity contribution in [3.8, 4) is 0 Å². The third-order valence-corrected chi connectivity index (χ3v) is 3.58. The molecular formula is C12H13BrFNO. The van der Waals surface area contributed by atoms with Crippen molar-refractivity contribution < 1.29 is 9.18 Å². The van der Waals surface area contributed by atoms with Gasteiger partial charge in [0.25, 0.3) is 0 Å². The van der Waals surface area contributed by atoms with Gasteiger partial charge in [0.15, 0.2) is 0 Å². The van der Waals surface area contributed by atoms with Crippen LogP contribution in [0, 0.1) is 24.6 Å². The maximum atomic E-state index is 13.2. The lowest BCUT2D eigenvalue weighted by Gasteiger charge is -2.09. The van der Waals surface area contributed by atoms with Crippen molar-refractivity contribution in [3.05, 3.63) is 28.0 Å². The molecule has 0 saturated heterocycles. The number of benzene rings is 1. The number of nitrogens with one attached hydrogen (secondary N) is 1. The summed E-state index contributed by atoms with van der Waals surface area (Å²) in [5.41, 5.74) is 1.42. The number of hydrogen-bond acceptors (Lipinski definition) is 1. The van der Waals surface area contributed by atoms with Crippen LogP contribution in [0.15, 0.2) is 16.6 Å². The van der Waals surface area contributed by atoms with Gasteiger partial charge >= 0.3 is 0 Å². The van der Waals surface area contributed by atoms with Gasteiger partial charge in [-0.2, -0.15) is 0 Å². The highest BCUT2D eigenvalue weighted by Gasteiger charge is 2.39. The monoisotopic (exact) mass is 285 g/mol. The van der Waals surface area contributed by atoms with E-state index in [2.05, 4.69) is 28.2 Å². The molecule has 86 valence electrons. The van der Waals surface area contributed by atoms with Crippen LogP contribution in [0.4, 0.5) is 10.1 Å². The molecule has 0 heterocycles. The molecule has 4 heteroatoms. The van der Waals surface area contributed by atoms with Crippen LogP contribution in [-0.4, -0.2) is 5.91 Å². The zero-order valence-electron chi connectivity index (χ0n) is 9.18. The predicted molar refractivity (Wildman–Crippen MR) is 64.7 cm³/mol. The van der Waals surface area contributed by atoms with Gasteiger partial charge in [0, 0.05) is 11.6 Å². The molecule has 1 aliphatic carbocycles. The van der Waals surface area contributed by atoms with Gasteiger partial charge in [0.05, 0.1) is 4.47 Å². The average Bonchev–Trinajstić information content (AvgIpc) is 2.92. The largest absolute Gasteiger partial charge is 0.326 e. The number of carbonyl (C=O) groups is 1. The molecule has 16 heavy (non-hydrogen) atoms. The standard InChI is InChI=1S/C12H13BrFNO/c1-6-3-8(6)12(16)15-11-5-9(13)10(14)4-7(11)2/h4-6,8H,3H2,1-2H3,(H,15,16). The van der Waals surface area contributed by atoms with Crippen LogP contribution in [0.5, 0.6) is 0 Å². The van der Waals surface area contributed by atoms with E-state index in [-0.39, 0.29) is 17.6 Å². The lowest BCUT2D eigenvalue weighted by Crippen LogP contribution is -2.15. The summed E-state index contributed by atoms with van der Waals surface area (Å²) in [5, 5.41) is 2.84. The Balaban J connectivity index is 2.15. The Hall–Kier alpha value is -0.900. The fraction of sp³-hybridized carbons (Fsp3) is 0.417. The van der Waals surface area contributed by atoms with E-state index in [1.54, 1.807) is 13.0 Å². The zero-order valence-corrected chi connectivity index (χ0v) is 10.8. The Morgan fingerprint density at radius 1 is 1.56 bits per heavy atom. The molecule has 0 bridgehead atoms. The van der Waals surface area contributed by atoms with Gasteiger partial charge in [0.1, 0.15) is 5.82 Å². The Bertz CT molecular complexity index is 447. The summed E-state index contributed by atoms with van der Waals surface area (Å²) in [7, 11) is 0. The van der Waals surface area contributed by atoms with Crippen LogP contribution in [0.3, 0.4) is 0 Å². The van der Waals surface area contributed by atoms with Crippen molar-refractivity contribution in [1.82, 2.24) is 0 Å². The Morgan fingerprint density at radius 2 is 2.19 bits per heavy atom. The molecule has 2 atom stereocenters. The van der Waals surface area contributed by atoms with Crippen molar-refractivity contribution in [3.63, 3.8) is 0 Å². The van der Waals surface area contributed by atoms with Gasteiger partial charge in [-0.15, -0.1) is 0 Å². The lowest BCUT2D eigenvalue weighted by atomic mass is 10.2. The highest BCUT2D eigenvalue weighted by atomic mass is 79.9. The van der Waals surface area contributed by atoms with E-state index >= 15 is 0 Å². The molecule has 1 fully saturated rings. The number of rotatable bonds is 2. The predicted octanol–water partition coefficient (Wildman–Crippen LogP) is 3.49. The van der Waals surface area contributed by atoms with E-state index in [9.17, 15) is 9.18 Å². The molecule has 1 aliphatic rings. The number of carbonyl (C=O) groups excluding carboxylic acids is 1. The number of aryl methyl sites for hydroxylation is 1. The Kier molecular flexibility index (Phi) is 3.02. The van der Waals surface area contributed by atoms with Crippen molar-refractivity contribution in [2.75, 3.05) is 5.32 Å². The lowest BCUT2D eigenvalue weighted by molar-refractivity contribution is -0.117. The Labute approximate surface area is 102 Å². The molecule has 1 N–H and O–H groups in total. The second-order valence-corrected chi connectivity index (χ2v) is 5.24. The SMILES string of the molecule is Cc1cc(F)c(Br)cc1NC(=O)C1CC1C. The van der Waals surface area contributed by atoms with E-state index in [1.165, 1.54) is 6.07 Å². The third kappa shape index (κ3) is 2.26. The molecule has 2 nitrogen and oxygen atoms in total. The van der Waals surface area contributed by atoms with Gasteiger partial charge in [-0.05, 0) is 52.9 Å². The summed E-state index contributed by atoms with van der Waals surface area (Å²) in [4.78, 5) is 11.7. The van der Waals surface area contributed by atoms with Crippen molar-refractivity contribution in [2.24, 2.45) is 11.8 Å². The summed E-state index contributed by atoms with van der Waals surface area (Å²) >= 11 is 3.11. The molecule has 1 saturated carbocycles. The van der Waals surface area contributed by atoms with Gasteiger partial charge in [0.2, 0.25) is 5.91 Å². The maximum Gasteiger partial charge on any atom is 0.227 e. The molecule has 0 radical (unpaired) electrons. The first-order valence-electron chi connectivity index (χ1n) is 5.25. The van der Waals surface area contributed by atoms with Crippen LogP contribution in [0.1, 0.15) is 18.9 Å². The van der Waals surface area contributed by atoms with E-state index in [4.69, 9.17) is 0 Å². The van der Waals surface area contributed by atoms with E-state index < -0.39 is 0 Å². The first-order valence-corrected chi connectivity index (χ1v) is 6.05. The summed E-state index contributed by atoms with van der Waals surface area (Å²) in [6.45, 7) is 3.83. The van der Waals surface area contributed by atoms with Crippen LogP contribution in [0.25, 0.3) is 0 Å². The van der Waals surface area contributed by atoms with Crippen LogP contribution in [0.2, 0.25) is 0 Å². The number of amides is 1. The molecule has 2 unspecified atom stereocenters. The second kappa shape index (κ2) is 4.17. The summed E-state index contributed by atoms with van der Waals surface area (Å²) < 4.78 is 13.5. The van der Waals surface area contributed by atoms with E-state index in [1.807, 2.05) is 0 Å². The fourth-order valence-corrected chi connectivity index (χ4v) is 2.04. The average molecular weight is 286 g/mol. The van der Waals surface area contributed by atoms with Crippen molar-refractivity contribution in [2.45, 2.75) is 20.3 Å². The smallest absolute Gasteiger partial charge is 0.227 e. The van der Waals surface area contributed by atoms with Crippen LogP contribution >= 0.6 is 15.9 Å². The van der Waals surface area contributed by atoms with Gasteiger partial charge < -0.3 is 5.32 Å². The molecule has 1 aromatic carbocycles. The third-order valence-electron chi connectivity index (χ3n) is 2.97. The molecule has 1 aromatic rings. The Morgan fingerprint density at radius 3 is 2.75 bits per heavy atom. The van der Waals surface area contributed by atoms with Gasteiger partial charge in [-0.1, -0.05) is 6.92 Å². The zero-order chi connectivity index (χ0) is 11.9. The van der Waals surface area contributed by atoms with Crippen LogP contribution < -0.4 is 5.32 Å². The maximum absolute atomic E-state index is 13.2. The first kappa shape index (κ1) is 11.6. The van der Waals surface area contributed by atoms with E-state index in [0.29, 0.717) is 16.1 Å². The fourth-order valence-electron chi connectivity index (χ4n) is 1.69. The molecule has 0 aromatic heterocycles. The summed E-state index contributed by atoms with van der Waals surface area (Å²) in [5.74, 6) is 0.330. The number of halogens is 2. The molecule has 2 rings (SSSR count). The molecule has 1 amide bonds. The molecule has 0 spiro atoms. The van der Waals surface area contributed by atoms with Crippen molar-refractivity contribution >= 4 is 27.5 Å². The first-order chi connectivity index (χ1) is 7.49. The minimum atomic E-state index is -0.310. The van der Waals surface area contributed by atoms with E-state index in [0.717, 1.165) is 12.0 Å². The summed E-state index contributed by atoms with van der Waals surface area (Å²) in [6.07, 6.45) is 0.952. The molecule has 0 aliphatic heterocycles. The second-order valence-electron chi connectivity index (χ2n) is 4.39. The topological polar surface area (TPSA) is 29.1 Å². The highest BCUT2D eigenvalue weighted by molar-refractivity contribution is 9.10. The van der Waals surface area contributed by atoms with Crippen LogP contribution in [-0.2, 0) is 4.79 Å².